The molecule has 120 valence electrons. The van der Waals surface area contributed by atoms with Crippen molar-refractivity contribution in [2.24, 2.45) is 17.3 Å². The maximum Gasteiger partial charge on any atom is 0.0596 e. The quantitative estimate of drug-likeness (QED) is 0.914. The number of nitrogens with zero attached hydrogens (tertiary/aromatic N) is 2. The number of rotatable bonds is 4. The SMILES string of the molecule is CCn1nc(C)cc1CC1CC(C(C)(C)C)CCC1NC. The van der Waals surface area contributed by atoms with Crippen molar-refractivity contribution >= 4 is 0 Å². The average Bonchev–Trinajstić information content (AvgIpc) is 2.77. The molecule has 0 aliphatic heterocycles. The topological polar surface area (TPSA) is 29.9 Å². The highest BCUT2D eigenvalue weighted by Crippen LogP contribution is 2.41. The summed E-state index contributed by atoms with van der Waals surface area (Å²) in [4.78, 5) is 0. The highest BCUT2D eigenvalue weighted by atomic mass is 15.3. The van der Waals surface area contributed by atoms with Crippen LogP contribution >= 0.6 is 0 Å². The Morgan fingerprint density at radius 2 is 2.05 bits per heavy atom. The molecule has 1 fully saturated rings. The maximum atomic E-state index is 4.61. The molecule has 0 amide bonds. The molecule has 0 aromatic carbocycles. The Morgan fingerprint density at radius 1 is 1.33 bits per heavy atom. The highest BCUT2D eigenvalue weighted by Gasteiger charge is 2.35. The summed E-state index contributed by atoms with van der Waals surface area (Å²) in [6.07, 6.45) is 5.16. The van der Waals surface area contributed by atoms with Crippen LogP contribution in [0.4, 0.5) is 0 Å². The van der Waals surface area contributed by atoms with Crippen LogP contribution in [0, 0.1) is 24.2 Å². The standard InChI is InChI=1S/C18H33N3/c1-7-21-16(10-13(2)20-21)12-14-11-15(18(3,4)5)8-9-17(14)19-6/h10,14-15,17,19H,7-9,11-12H2,1-6H3. The molecule has 3 atom stereocenters. The van der Waals surface area contributed by atoms with Crippen LogP contribution in [-0.2, 0) is 13.0 Å². The van der Waals surface area contributed by atoms with Gasteiger partial charge in [0.1, 0.15) is 0 Å². The first-order valence-corrected chi connectivity index (χ1v) is 8.55. The van der Waals surface area contributed by atoms with E-state index in [1.54, 1.807) is 0 Å². The Morgan fingerprint density at radius 3 is 2.62 bits per heavy atom. The summed E-state index contributed by atoms with van der Waals surface area (Å²) >= 11 is 0. The van der Waals surface area contributed by atoms with E-state index in [4.69, 9.17) is 0 Å². The lowest BCUT2D eigenvalue weighted by Gasteiger charge is -2.42. The summed E-state index contributed by atoms with van der Waals surface area (Å²) < 4.78 is 2.18. The largest absolute Gasteiger partial charge is 0.317 e. The minimum atomic E-state index is 0.428. The van der Waals surface area contributed by atoms with Crippen molar-refractivity contribution in [1.29, 1.82) is 0 Å². The van der Waals surface area contributed by atoms with E-state index < -0.39 is 0 Å². The molecule has 3 unspecified atom stereocenters. The van der Waals surface area contributed by atoms with Crippen molar-refractivity contribution in [1.82, 2.24) is 15.1 Å². The summed E-state index contributed by atoms with van der Waals surface area (Å²) in [7, 11) is 2.12. The molecule has 1 saturated carbocycles. The molecule has 1 aromatic rings. The van der Waals surface area contributed by atoms with Crippen molar-refractivity contribution in [2.45, 2.75) is 72.9 Å². The van der Waals surface area contributed by atoms with E-state index in [0.717, 1.165) is 30.5 Å². The Kier molecular flexibility index (Phi) is 5.13. The smallest absolute Gasteiger partial charge is 0.0596 e. The molecule has 21 heavy (non-hydrogen) atoms. The molecule has 1 aliphatic rings. The molecule has 0 bridgehead atoms. The van der Waals surface area contributed by atoms with Crippen LogP contribution in [0.3, 0.4) is 0 Å². The summed E-state index contributed by atoms with van der Waals surface area (Å²) in [6.45, 7) is 12.5. The van der Waals surface area contributed by atoms with Gasteiger partial charge in [-0.3, -0.25) is 4.68 Å². The second-order valence-corrected chi connectivity index (χ2v) is 7.83. The molecule has 2 rings (SSSR count). The second-order valence-electron chi connectivity index (χ2n) is 7.83. The number of nitrogens with one attached hydrogen (secondary N) is 1. The minimum absolute atomic E-state index is 0.428. The minimum Gasteiger partial charge on any atom is -0.317 e. The van der Waals surface area contributed by atoms with Crippen molar-refractivity contribution in [3.8, 4) is 0 Å². The fourth-order valence-electron chi connectivity index (χ4n) is 3.96. The van der Waals surface area contributed by atoms with Crippen molar-refractivity contribution in [3.63, 3.8) is 0 Å². The zero-order valence-electron chi connectivity index (χ0n) is 14.7. The average molecular weight is 291 g/mol. The van der Waals surface area contributed by atoms with E-state index in [0.29, 0.717) is 11.5 Å². The molecule has 3 nitrogen and oxygen atoms in total. The lowest BCUT2D eigenvalue weighted by Crippen LogP contribution is -2.42. The van der Waals surface area contributed by atoms with Crippen LogP contribution in [0.15, 0.2) is 6.07 Å². The molecule has 1 aromatic heterocycles. The van der Waals surface area contributed by atoms with Gasteiger partial charge in [-0.25, -0.2) is 0 Å². The molecule has 3 heteroatoms. The monoisotopic (exact) mass is 291 g/mol. The predicted octanol–water partition coefficient (Wildman–Crippen LogP) is 3.80. The van der Waals surface area contributed by atoms with Gasteiger partial charge in [0.2, 0.25) is 0 Å². The van der Waals surface area contributed by atoms with Gasteiger partial charge in [-0.1, -0.05) is 20.8 Å². The second kappa shape index (κ2) is 6.51. The van der Waals surface area contributed by atoms with Gasteiger partial charge in [0.25, 0.3) is 0 Å². The van der Waals surface area contributed by atoms with Crippen molar-refractivity contribution in [2.75, 3.05) is 7.05 Å². The fourth-order valence-corrected chi connectivity index (χ4v) is 3.96. The van der Waals surface area contributed by atoms with Crippen molar-refractivity contribution in [3.05, 3.63) is 17.5 Å². The van der Waals surface area contributed by atoms with Gasteiger partial charge in [-0.15, -0.1) is 0 Å². The van der Waals surface area contributed by atoms with Crippen LogP contribution in [0.25, 0.3) is 0 Å². The lowest BCUT2D eigenvalue weighted by molar-refractivity contribution is 0.115. The van der Waals surface area contributed by atoms with Crippen LogP contribution in [0.5, 0.6) is 0 Å². The molecular weight excluding hydrogens is 258 g/mol. The maximum absolute atomic E-state index is 4.61. The van der Waals surface area contributed by atoms with E-state index in [9.17, 15) is 0 Å². The third kappa shape index (κ3) is 3.88. The van der Waals surface area contributed by atoms with E-state index in [1.165, 1.54) is 25.0 Å². The lowest BCUT2D eigenvalue weighted by atomic mass is 9.66. The van der Waals surface area contributed by atoms with Gasteiger partial charge in [-0.2, -0.15) is 5.10 Å². The molecule has 1 heterocycles. The first-order chi connectivity index (χ1) is 9.85. The zero-order valence-corrected chi connectivity index (χ0v) is 14.7. The summed E-state index contributed by atoms with van der Waals surface area (Å²) in [5, 5.41) is 8.17. The third-order valence-electron chi connectivity index (χ3n) is 5.33. The highest BCUT2D eigenvalue weighted by molar-refractivity contribution is 5.11. The van der Waals surface area contributed by atoms with Gasteiger partial charge in [0, 0.05) is 18.3 Å². The number of hydrogen-bond donors (Lipinski definition) is 1. The van der Waals surface area contributed by atoms with E-state index in [1.807, 2.05) is 0 Å². The van der Waals surface area contributed by atoms with Crippen LogP contribution in [-0.4, -0.2) is 22.9 Å². The Bertz CT molecular complexity index is 456. The number of hydrogen-bond acceptors (Lipinski definition) is 2. The van der Waals surface area contributed by atoms with Gasteiger partial charge in [0.15, 0.2) is 0 Å². The molecular formula is C18H33N3. The van der Waals surface area contributed by atoms with Gasteiger partial charge in [-0.05, 0) is 69.9 Å². The van der Waals surface area contributed by atoms with Crippen molar-refractivity contribution < 1.29 is 0 Å². The summed E-state index contributed by atoms with van der Waals surface area (Å²) in [5.74, 6) is 1.57. The van der Waals surface area contributed by atoms with Gasteiger partial charge in [0.05, 0.1) is 5.69 Å². The first-order valence-electron chi connectivity index (χ1n) is 8.55. The molecule has 0 spiro atoms. The van der Waals surface area contributed by atoms with Gasteiger partial charge >= 0.3 is 0 Å². The number of aryl methyl sites for hydroxylation is 2. The fraction of sp³-hybridized carbons (Fsp3) is 0.833. The van der Waals surface area contributed by atoms with Gasteiger partial charge < -0.3 is 5.32 Å². The Hall–Kier alpha value is -0.830. The normalized spacial score (nSPS) is 27.0. The molecule has 1 N–H and O–H groups in total. The Balaban J connectivity index is 2.14. The van der Waals surface area contributed by atoms with Crippen LogP contribution < -0.4 is 5.32 Å². The molecule has 0 saturated heterocycles. The summed E-state index contributed by atoms with van der Waals surface area (Å²) in [6, 6.07) is 2.93. The molecule has 0 radical (unpaired) electrons. The van der Waals surface area contributed by atoms with E-state index >= 15 is 0 Å². The third-order valence-corrected chi connectivity index (χ3v) is 5.33. The zero-order chi connectivity index (χ0) is 15.6. The van der Waals surface area contributed by atoms with Crippen LogP contribution in [0.2, 0.25) is 0 Å². The molecule has 1 aliphatic carbocycles. The predicted molar refractivity (Wildman–Crippen MR) is 89.5 cm³/mol. The van der Waals surface area contributed by atoms with E-state index in [-0.39, 0.29) is 0 Å². The van der Waals surface area contributed by atoms with E-state index in [2.05, 4.69) is 62.8 Å². The first kappa shape index (κ1) is 16.5. The van der Waals surface area contributed by atoms with Crippen LogP contribution in [0.1, 0.15) is 58.3 Å². The Labute approximate surface area is 130 Å². The summed E-state index contributed by atoms with van der Waals surface area (Å²) in [5.41, 5.74) is 2.99. The number of aromatic nitrogens is 2.